The molecule has 0 saturated heterocycles. The van der Waals surface area contributed by atoms with E-state index >= 15 is 0 Å². The van der Waals surface area contributed by atoms with Gasteiger partial charge in [-0.25, -0.2) is 9.97 Å². The third-order valence-corrected chi connectivity index (χ3v) is 5.49. The molecule has 2 atom stereocenters. The normalized spacial score (nSPS) is 25.7. The van der Waals surface area contributed by atoms with Gasteiger partial charge < -0.3 is 9.47 Å². The molecule has 0 bridgehead atoms. The van der Waals surface area contributed by atoms with E-state index in [0.29, 0.717) is 0 Å². The molecule has 2 unspecified atom stereocenters. The van der Waals surface area contributed by atoms with Crippen molar-refractivity contribution in [2.24, 2.45) is 0 Å². The van der Waals surface area contributed by atoms with Gasteiger partial charge in [-0.15, -0.1) is 0 Å². The van der Waals surface area contributed by atoms with E-state index in [-0.39, 0.29) is 18.4 Å². The van der Waals surface area contributed by atoms with E-state index in [2.05, 4.69) is 38.0 Å². The van der Waals surface area contributed by atoms with E-state index in [1.54, 1.807) is 0 Å². The van der Waals surface area contributed by atoms with Crippen molar-refractivity contribution in [2.75, 3.05) is 9.80 Å². The van der Waals surface area contributed by atoms with Crippen LogP contribution in [0.2, 0.25) is 0 Å². The number of hydrogen-bond donors (Lipinski definition) is 0. The van der Waals surface area contributed by atoms with Gasteiger partial charge in [0.1, 0.15) is 5.92 Å². The van der Waals surface area contributed by atoms with Crippen LogP contribution in [0.5, 0.6) is 11.5 Å². The van der Waals surface area contributed by atoms with Crippen LogP contribution < -0.4 is 19.3 Å². The second-order valence-electron chi connectivity index (χ2n) is 6.64. The van der Waals surface area contributed by atoms with Crippen molar-refractivity contribution in [3.05, 3.63) is 60.4 Å². The molecule has 2 aromatic heterocycles. The van der Waals surface area contributed by atoms with Crippen LogP contribution in [0.15, 0.2) is 54.9 Å². The molecule has 25 heavy (non-hydrogen) atoms. The molecule has 6 heteroatoms. The summed E-state index contributed by atoms with van der Waals surface area (Å²) in [5.74, 6) is 3.52. The molecule has 0 N–H and O–H groups in total. The zero-order valence-corrected chi connectivity index (χ0v) is 13.0. The lowest BCUT2D eigenvalue weighted by Crippen LogP contribution is -2.41. The maximum atomic E-state index is 6.29. The first-order valence-corrected chi connectivity index (χ1v) is 8.36. The van der Waals surface area contributed by atoms with Crippen molar-refractivity contribution < 1.29 is 9.47 Å². The smallest absolute Gasteiger partial charge is 0.190 e. The monoisotopic (exact) mass is 328 g/mol. The Hall–Kier alpha value is -3.28. The van der Waals surface area contributed by atoms with Gasteiger partial charge in [-0.3, -0.25) is 9.80 Å². The molecule has 0 amide bonds. The molecule has 1 aromatic carbocycles. The summed E-state index contributed by atoms with van der Waals surface area (Å²) in [7, 11) is 0. The number of hydrogen-bond acceptors (Lipinski definition) is 6. The Kier molecular flexibility index (Phi) is 1.87. The van der Waals surface area contributed by atoms with Crippen LogP contribution in [0.4, 0.5) is 23.0 Å². The van der Waals surface area contributed by atoms with Gasteiger partial charge in [-0.1, -0.05) is 6.07 Å². The van der Waals surface area contributed by atoms with Crippen LogP contribution >= 0.6 is 0 Å². The largest absolute Gasteiger partial charge is 0.465 e. The summed E-state index contributed by atoms with van der Waals surface area (Å²) >= 11 is 0. The predicted molar refractivity (Wildman–Crippen MR) is 90.8 cm³/mol. The molecule has 0 aliphatic carbocycles. The van der Waals surface area contributed by atoms with Gasteiger partial charge in [-0.05, 0) is 36.4 Å². The highest BCUT2D eigenvalue weighted by atomic mass is 16.5. The summed E-state index contributed by atoms with van der Waals surface area (Å²) in [6, 6.07) is 14.1. The van der Waals surface area contributed by atoms with Crippen molar-refractivity contribution in [1.29, 1.82) is 0 Å². The fourth-order valence-corrected chi connectivity index (χ4v) is 4.62. The second kappa shape index (κ2) is 3.85. The van der Waals surface area contributed by atoms with E-state index in [9.17, 15) is 0 Å². The number of fused-ring (bicyclic) bond motifs is 10. The van der Waals surface area contributed by atoms with Crippen LogP contribution in [-0.2, 0) is 0 Å². The minimum Gasteiger partial charge on any atom is -0.465 e. The lowest BCUT2D eigenvalue weighted by atomic mass is 10.0. The minimum absolute atomic E-state index is 0.0922. The summed E-state index contributed by atoms with van der Waals surface area (Å²) in [4.78, 5) is 13.5. The maximum absolute atomic E-state index is 6.29. The predicted octanol–water partition coefficient (Wildman–Crippen LogP) is 3.30. The van der Waals surface area contributed by atoms with Crippen molar-refractivity contribution in [1.82, 2.24) is 9.97 Å². The molecule has 6 heterocycles. The minimum atomic E-state index is -0.134. The van der Waals surface area contributed by atoms with E-state index in [1.165, 1.54) is 5.56 Å². The Morgan fingerprint density at radius 3 is 1.84 bits per heavy atom. The van der Waals surface area contributed by atoms with E-state index in [4.69, 9.17) is 9.47 Å². The van der Waals surface area contributed by atoms with Crippen LogP contribution in [0.3, 0.4) is 0 Å². The molecular formula is C19H12N4O2. The quantitative estimate of drug-likeness (QED) is 0.631. The first kappa shape index (κ1) is 12.1. The molecule has 0 saturated carbocycles. The van der Waals surface area contributed by atoms with Crippen LogP contribution in [0.25, 0.3) is 0 Å². The van der Waals surface area contributed by atoms with Gasteiger partial charge in [0, 0.05) is 18.0 Å². The van der Waals surface area contributed by atoms with Crippen molar-refractivity contribution in [3.8, 4) is 11.5 Å². The van der Waals surface area contributed by atoms with Gasteiger partial charge in [0.05, 0.1) is 11.4 Å². The first-order valence-electron chi connectivity index (χ1n) is 8.36. The highest BCUT2D eigenvalue weighted by Gasteiger charge is 2.59. The molecule has 0 spiro atoms. The Bertz CT molecular complexity index is 989. The van der Waals surface area contributed by atoms with Crippen LogP contribution in [-0.4, -0.2) is 22.4 Å². The third-order valence-electron chi connectivity index (χ3n) is 5.49. The summed E-state index contributed by atoms with van der Waals surface area (Å²) in [5.41, 5.74) is 3.57. The number of rotatable bonds is 0. The van der Waals surface area contributed by atoms with Gasteiger partial charge >= 0.3 is 0 Å². The standard InChI is InChI=1S/C19H12N4O2/c1-4-10-14-11(5-1)23-17-13(7-3-9-21-17)25-19(23)15(14)18-22(10)16-12(24-18)6-2-8-20-16/h1-9,15,18-19H. The van der Waals surface area contributed by atoms with Crippen molar-refractivity contribution in [2.45, 2.75) is 18.4 Å². The zero-order valence-electron chi connectivity index (χ0n) is 13.0. The fraction of sp³-hybridized carbons (Fsp3) is 0.158. The van der Waals surface area contributed by atoms with E-state index in [0.717, 1.165) is 34.5 Å². The van der Waals surface area contributed by atoms with E-state index in [1.807, 2.05) is 36.7 Å². The molecule has 0 radical (unpaired) electrons. The van der Waals surface area contributed by atoms with Crippen molar-refractivity contribution >= 4 is 23.0 Å². The highest BCUT2D eigenvalue weighted by molar-refractivity contribution is 5.88. The molecule has 6 nitrogen and oxygen atoms in total. The third kappa shape index (κ3) is 1.23. The Balaban J connectivity index is 1.48. The fourth-order valence-electron chi connectivity index (χ4n) is 4.62. The van der Waals surface area contributed by atoms with Crippen LogP contribution in [0.1, 0.15) is 11.5 Å². The number of nitrogens with zero attached hydrogens (tertiary/aromatic N) is 4. The highest BCUT2D eigenvalue weighted by Crippen LogP contribution is 2.63. The van der Waals surface area contributed by atoms with Crippen molar-refractivity contribution in [3.63, 3.8) is 0 Å². The molecule has 4 aliphatic heterocycles. The Morgan fingerprint density at radius 2 is 1.28 bits per heavy atom. The SMILES string of the molecule is c1cnc2c(c1)OC1C3c4c(cccc4N4c5ncccc5OC34)N21. The average molecular weight is 328 g/mol. The van der Waals surface area contributed by atoms with Gasteiger partial charge in [0.2, 0.25) is 0 Å². The zero-order chi connectivity index (χ0) is 16.1. The molecule has 7 rings (SSSR count). The van der Waals surface area contributed by atoms with Crippen LogP contribution in [0, 0.1) is 0 Å². The Morgan fingerprint density at radius 1 is 0.720 bits per heavy atom. The first-order chi connectivity index (χ1) is 12.4. The summed E-state index contributed by atoms with van der Waals surface area (Å²) < 4.78 is 12.6. The summed E-state index contributed by atoms with van der Waals surface area (Å²) in [6.07, 6.45) is 3.35. The topological polar surface area (TPSA) is 50.7 Å². The number of anilines is 4. The molecule has 3 aromatic rings. The molecule has 120 valence electrons. The molecule has 0 fully saturated rings. The van der Waals surface area contributed by atoms with E-state index < -0.39 is 0 Å². The van der Waals surface area contributed by atoms with Gasteiger partial charge in [-0.2, -0.15) is 0 Å². The number of benzene rings is 1. The number of ether oxygens (including phenoxy) is 2. The second-order valence-corrected chi connectivity index (χ2v) is 6.64. The number of pyridine rings is 2. The molecule has 4 aliphatic rings. The van der Waals surface area contributed by atoms with Gasteiger partial charge in [0.15, 0.2) is 35.6 Å². The lowest BCUT2D eigenvalue weighted by molar-refractivity contribution is 0.127. The molecular weight excluding hydrogens is 316 g/mol. The summed E-state index contributed by atoms with van der Waals surface area (Å²) in [5, 5.41) is 0. The maximum Gasteiger partial charge on any atom is 0.190 e. The Labute approximate surface area is 143 Å². The summed E-state index contributed by atoms with van der Waals surface area (Å²) in [6.45, 7) is 0. The number of aromatic nitrogens is 2. The average Bonchev–Trinajstić information content (AvgIpc) is 3.35. The lowest BCUT2D eigenvalue weighted by Gasteiger charge is -2.26. The van der Waals surface area contributed by atoms with Gasteiger partial charge in [0.25, 0.3) is 0 Å².